The predicted molar refractivity (Wildman–Crippen MR) is 105 cm³/mol. The van der Waals surface area contributed by atoms with Crippen molar-refractivity contribution in [3.63, 3.8) is 0 Å². The number of benzene rings is 1. The molecule has 2 saturated carbocycles. The standard InChI is InChI=1S/C22H29N3O/c1-15-10-16-4-3-9-22(11-15,12-16)13-19-21(23)24-14-20(25-19)17-5-7-18(26-2)8-6-17/h5-8,14-16H,3-4,9-13H2,1-2H3,(H2,23,24). The van der Waals surface area contributed by atoms with E-state index in [2.05, 4.69) is 11.9 Å². The molecule has 0 aliphatic heterocycles. The van der Waals surface area contributed by atoms with Crippen LogP contribution >= 0.6 is 0 Å². The van der Waals surface area contributed by atoms with E-state index in [9.17, 15) is 0 Å². The summed E-state index contributed by atoms with van der Waals surface area (Å²) < 4.78 is 5.25. The molecule has 2 N–H and O–H groups in total. The van der Waals surface area contributed by atoms with Crippen molar-refractivity contribution in [2.45, 2.75) is 51.9 Å². The molecule has 2 aliphatic carbocycles. The number of ether oxygens (including phenoxy) is 1. The van der Waals surface area contributed by atoms with Gasteiger partial charge in [0.15, 0.2) is 0 Å². The topological polar surface area (TPSA) is 61.0 Å². The van der Waals surface area contributed by atoms with Gasteiger partial charge in [-0.25, -0.2) is 9.97 Å². The fraction of sp³-hybridized carbons (Fsp3) is 0.545. The third-order valence-corrected chi connectivity index (χ3v) is 6.36. The molecule has 2 aliphatic rings. The normalized spacial score (nSPS) is 27.9. The third-order valence-electron chi connectivity index (χ3n) is 6.36. The Morgan fingerprint density at radius 3 is 2.81 bits per heavy atom. The molecule has 3 unspecified atom stereocenters. The van der Waals surface area contributed by atoms with Gasteiger partial charge in [0.05, 0.1) is 24.7 Å². The number of methoxy groups -OCH3 is 1. The molecule has 0 saturated heterocycles. The number of rotatable bonds is 4. The van der Waals surface area contributed by atoms with Crippen molar-refractivity contribution in [1.82, 2.24) is 9.97 Å². The number of hydrogen-bond donors (Lipinski definition) is 1. The van der Waals surface area contributed by atoms with Gasteiger partial charge >= 0.3 is 0 Å². The first-order valence-corrected chi connectivity index (χ1v) is 9.83. The third kappa shape index (κ3) is 3.42. The molecule has 0 amide bonds. The number of nitrogens with zero attached hydrogens (tertiary/aromatic N) is 2. The maximum atomic E-state index is 6.24. The van der Waals surface area contributed by atoms with Crippen LogP contribution in [0.2, 0.25) is 0 Å². The minimum atomic E-state index is 0.377. The molecule has 4 rings (SSSR count). The van der Waals surface area contributed by atoms with Gasteiger partial charge in [0.2, 0.25) is 0 Å². The quantitative estimate of drug-likeness (QED) is 0.852. The van der Waals surface area contributed by atoms with Crippen LogP contribution in [0.1, 0.15) is 51.1 Å². The van der Waals surface area contributed by atoms with Gasteiger partial charge in [0.1, 0.15) is 11.6 Å². The number of nitrogens with two attached hydrogens (primary N) is 1. The van der Waals surface area contributed by atoms with Crippen LogP contribution < -0.4 is 10.5 Å². The van der Waals surface area contributed by atoms with Crippen LogP contribution in [-0.2, 0) is 6.42 Å². The van der Waals surface area contributed by atoms with Gasteiger partial charge in [-0.15, -0.1) is 0 Å². The average molecular weight is 351 g/mol. The summed E-state index contributed by atoms with van der Waals surface area (Å²) in [6.07, 6.45) is 10.9. The smallest absolute Gasteiger partial charge is 0.145 e. The molecular weight excluding hydrogens is 322 g/mol. The Morgan fingerprint density at radius 2 is 2.04 bits per heavy atom. The van der Waals surface area contributed by atoms with Gasteiger partial charge in [-0.1, -0.05) is 19.8 Å². The van der Waals surface area contributed by atoms with Crippen molar-refractivity contribution in [3.8, 4) is 17.0 Å². The maximum Gasteiger partial charge on any atom is 0.145 e. The van der Waals surface area contributed by atoms with Gasteiger partial charge in [-0.05, 0) is 73.6 Å². The van der Waals surface area contributed by atoms with Crippen LogP contribution in [0.4, 0.5) is 5.82 Å². The fourth-order valence-electron chi connectivity index (χ4n) is 5.42. The second kappa shape index (κ2) is 6.90. The van der Waals surface area contributed by atoms with Crippen molar-refractivity contribution in [3.05, 3.63) is 36.2 Å². The Morgan fingerprint density at radius 1 is 1.23 bits per heavy atom. The van der Waals surface area contributed by atoms with E-state index in [4.69, 9.17) is 15.5 Å². The lowest BCUT2D eigenvalue weighted by Gasteiger charge is -2.48. The summed E-state index contributed by atoms with van der Waals surface area (Å²) in [5, 5.41) is 0. The Hall–Kier alpha value is -2.10. The first-order chi connectivity index (χ1) is 12.6. The molecule has 1 heterocycles. The molecule has 2 aromatic rings. The summed E-state index contributed by atoms with van der Waals surface area (Å²) in [6, 6.07) is 7.97. The van der Waals surface area contributed by atoms with Crippen LogP contribution in [0.15, 0.2) is 30.5 Å². The first-order valence-electron chi connectivity index (χ1n) is 9.83. The second-order valence-corrected chi connectivity index (χ2v) is 8.50. The predicted octanol–water partition coefficient (Wildman–Crippen LogP) is 4.88. The molecule has 0 spiro atoms. The average Bonchev–Trinajstić information content (AvgIpc) is 2.63. The summed E-state index contributed by atoms with van der Waals surface area (Å²) >= 11 is 0. The largest absolute Gasteiger partial charge is 0.497 e. The highest BCUT2D eigenvalue weighted by molar-refractivity contribution is 5.60. The number of aromatic nitrogens is 2. The number of anilines is 1. The Labute approximate surface area is 156 Å². The lowest BCUT2D eigenvalue weighted by molar-refractivity contribution is 0.0449. The lowest BCUT2D eigenvalue weighted by atomic mass is 9.57. The van der Waals surface area contributed by atoms with Gasteiger partial charge in [-0.2, -0.15) is 0 Å². The zero-order valence-corrected chi connectivity index (χ0v) is 15.9. The molecule has 4 nitrogen and oxygen atoms in total. The summed E-state index contributed by atoms with van der Waals surface area (Å²) in [7, 11) is 1.68. The van der Waals surface area contributed by atoms with Crippen LogP contribution in [0.5, 0.6) is 5.75 Å². The van der Waals surface area contributed by atoms with E-state index in [1.807, 2.05) is 24.3 Å². The highest BCUT2D eigenvalue weighted by Gasteiger charge is 2.42. The monoisotopic (exact) mass is 351 g/mol. The Kier molecular flexibility index (Phi) is 4.60. The van der Waals surface area contributed by atoms with Gasteiger partial charge < -0.3 is 10.5 Å². The van der Waals surface area contributed by atoms with Crippen molar-refractivity contribution < 1.29 is 4.74 Å². The van der Waals surface area contributed by atoms with E-state index in [0.29, 0.717) is 11.2 Å². The van der Waals surface area contributed by atoms with E-state index in [1.54, 1.807) is 13.3 Å². The fourth-order valence-corrected chi connectivity index (χ4v) is 5.42. The summed E-state index contributed by atoms with van der Waals surface area (Å²) in [4.78, 5) is 9.40. The van der Waals surface area contributed by atoms with E-state index >= 15 is 0 Å². The Balaban J connectivity index is 1.62. The second-order valence-electron chi connectivity index (χ2n) is 8.50. The van der Waals surface area contributed by atoms with Crippen LogP contribution in [0.3, 0.4) is 0 Å². The van der Waals surface area contributed by atoms with Crippen LogP contribution in [-0.4, -0.2) is 17.1 Å². The zero-order valence-electron chi connectivity index (χ0n) is 15.9. The van der Waals surface area contributed by atoms with Gasteiger partial charge in [-0.3, -0.25) is 0 Å². The van der Waals surface area contributed by atoms with Crippen molar-refractivity contribution in [2.24, 2.45) is 17.3 Å². The molecule has 0 radical (unpaired) electrons. The molecule has 4 heteroatoms. The molecule has 26 heavy (non-hydrogen) atoms. The van der Waals surface area contributed by atoms with Gasteiger partial charge in [0, 0.05) is 5.56 Å². The Bertz CT molecular complexity index is 769. The summed E-state index contributed by atoms with van der Waals surface area (Å²) in [5.41, 5.74) is 9.54. The summed E-state index contributed by atoms with van der Waals surface area (Å²) in [5.74, 6) is 3.15. The highest BCUT2D eigenvalue weighted by atomic mass is 16.5. The lowest BCUT2D eigenvalue weighted by Crippen LogP contribution is -2.38. The van der Waals surface area contributed by atoms with Crippen LogP contribution in [0.25, 0.3) is 11.3 Å². The molecule has 138 valence electrons. The summed E-state index contributed by atoms with van der Waals surface area (Å²) in [6.45, 7) is 2.41. The highest BCUT2D eigenvalue weighted by Crippen LogP contribution is 2.52. The van der Waals surface area contributed by atoms with Crippen molar-refractivity contribution in [1.29, 1.82) is 0 Å². The van der Waals surface area contributed by atoms with Crippen LogP contribution in [0, 0.1) is 17.3 Å². The minimum absolute atomic E-state index is 0.377. The number of hydrogen-bond acceptors (Lipinski definition) is 4. The molecule has 2 fully saturated rings. The van der Waals surface area contributed by atoms with E-state index in [1.165, 1.54) is 38.5 Å². The minimum Gasteiger partial charge on any atom is -0.497 e. The first kappa shape index (κ1) is 17.3. The molecular formula is C22H29N3O. The molecule has 3 atom stereocenters. The molecule has 1 aromatic heterocycles. The number of fused-ring (bicyclic) bond motifs is 2. The maximum absolute atomic E-state index is 6.24. The number of nitrogen functional groups attached to an aromatic ring is 1. The van der Waals surface area contributed by atoms with Crippen molar-refractivity contribution in [2.75, 3.05) is 12.8 Å². The van der Waals surface area contributed by atoms with E-state index in [-0.39, 0.29) is 0 Å². The van der Waals surface area contributed by atoms with E-state index < -0.39 is 0 Å². The van der Waals surface area contributed by atoms with E-state index in [0.717, 1.165) is 41.0 Å². The van der Waals surface area contributed by atoms with Gasteiger partial charge in [0.25, 0.3) is 0 Å². The molecule has 2 bridgehead atoms. The SMILES string of the molecule is COc1ccc(-c2cnc(N)c(CC34CCCC(CC(C)C3)C4)n2)cc1. The zero-order chi connectivity index (χ0) is 18.1. The van der Waals surface area contributed by atoms with Crippen molar-refractivity contribution >= 4 is 5.82 Å². The molecule has 1 aromatic carbocycles.